The number of fused-ring (bicyclic) bond motifs is 4. The molecule has 1 spiro atoms. The molecule has 10 heteroatoms. The fourth-order valence-corrected chi connectivity index (χ4v) is 8.84. The summed E-state index contributed by atoms with van der Waals surface area (Å²) in [4.78, 5) is 19.3. The SMILES string of the molecule is [C-]#[N+][C@]1(O)/C=C/C[C@H](C)[C@@H](C)S(=O)(=O)NC(=O)c2ccc3c(c2)N(C[C@@H]2CC[C@H]21)C[C@@]1(CCCc2cc(Cl)ccc21)CO3. The number of sulfonamides is 1. The number of nitrogens with zero attached hydrogens (tertiary/aromatic N) is 2. The number of rotatable bonds is 0. The third-order valence-electron chi connectivity index (χ3n) is 10.3. The minimum absolute atomic E-state index is 0.0437. The molecule has 6 rings (SSSR count). The van der Waals surface area contributed by atoms with Crippen LogP contribution < -0.4 is 14.4 Å². The fraction of sp³-hybridized carbons (Fsp3) is 0.515. The van der Waals surface area contributed by atoms with Crippen LogP contribution in [0.15, 0.2) is 48.6 Å². The number of ether oxygens (including phenoxy) is 1. The summed E-state index contributed by atoms with van der Waals surface area (Å²) in [5.74, 6) is -0.621. The quantitative estimate of drug-likeness (QED) is 0.297. The molecule has 0 aromatic heterocycles. The number of carbonyl (C=O) groups is 1. The highest BCUT2D eigenvalue weighted by Crippen LogP contribution is 2.48. The van der Waals surface area contributed by atoms with Crippen molar-refractivity contribution in [2.75, 3.05) is 24.6 Å². The zero-order valence-corrected chi connectivity index (χ0v) is 26.1. The molecule has 2 aromatic rings. The van der Waals surface area contributed by atoms with Gasteiger partial charge in [0, 0.05) is 35.2 Å². The minimum atomic E-state index is -3.99. The number of amides is 1. The summed E-state index contributed by atoms with van der Waals surface area (Å²) in [5, 5.41) is 11.4. The first-order valence-electron chi connectivity index (χ1n) is 15.1. The zero-order chi connectivity index (χ0) is 30.6. The number of halogens is 1. The topological polar surface area (TPSA) is 100 Å². The molecule has 2 heterocycles. The van der Waals surface area contributed by atoms with Crippen LogP contribution in [0, 0.1) is 24.3 Å². The monoisotopic (exact) mass is 623 g/mol. The normalized spacial score (nSPS) is 34.3. The first-order valence-corrected chi connectivity index (χ1v) is 17.0. The van der Waals surface area contributed by atoms with E-state index in [9.17, 15) is 18.3 Å². The largest absolute Gasteiger partial charge is 0.490 e. The van der Waals surface area contributed by atoms with Gasteiger partial charge in [-0.1, -0.05) is 30.7 Å². The van der Waals surface area contributed by atoms with Gasteiger partial charge in [-0.2, -0.15) is 0 Å². The molecular formula is C33H38ClN3O5S. The van der Waals surface area contributed by atoms with E-state index in [1.54, 1.807) is 44.2 Å². The van der Waals surface area contributed by atoms with Gasteiger partial charge in [0.1, 0.15) is 5.75 Å². The molecule has 0 radical (unpaired) electrons. The van der Waals surface area contributed by atoms with Crippen LogP contribution in [0.4, 0.5) is 5.69 Å². The number of nitrogens with one attached hydrogen (secondary N) is 1. The van der Waals surface area contributed by atoms with Crippen molar-refractivity contribution in [1.82, 2.24) is 4.72 Å². The van der Waals surface area contributed by atoms with Crippen LogP contribution in [-0.2, 0) is 21.9 Å². The minimum Gasteiger partial charge on any atom is -0.490 e. The van der Waals surface area contributed by atoms with Crippen LogP contribution in [0.1, 0.15) is 67.4 Å². The zero-order valence-electron chi connectivity index (χ0n) is 24.6. The smallest absolute Gasteiger partial charge is 0.357 e. The molecule has 43 heavy (non-hydrogen) atoms. The summed E-state index contributed by atoms with van der Waals surface area (Å²) in [7, 11) is -3.99. The van der Waals surface area contributed by atoms with Crippen LogP contribution >= 0.6 is 11.6 Å². The van der Waals surface area contributed by atoms with Gasteiger partial charge in [-0.3, -0.25) is 9.64 Å². The van der Waals surface area contributed by atoms with Crippen molar-refractivity contribution in [2.45, 2.75) is 68.8 Å². The Kier molecular flexibility index (Phi) is 7.77. The van der Waals surface area contributed by atoms with E-state index >= 15 is 0 Å². The van der Waals surface area contributed by atoms with Gasteiger partial charge >= 0.3 is 5.72 Å². The van der Waals surface area contributed by atoms with Gasteiger partial charge in [-0.05, 0) is 98.7 Å². The Morgan fingerprint density at radius 3 is 2.74 bits per heavy atom. The Morgan fingerprint density at radius 2 is 2.00 bits per heavy atom. The second kappa shape index (κ2) is 11.1. The van der Waals surface area contributed by atoms with Crippen LogP contribution in [0.5, 0.6) is 5.75 Å². The Bertz CT molecular complexity index is 1620. The van der Waals surface area contributed by atoms with Crippen molar-refractivity contribution < 1.29 is 23.1 Å². The third kappa shape index (κ3) is 5.43. The average Bonchev–Trinajstić information content (AvgIpc) is 3.11. The van der Waals surface area contributed by atoms with E-state index < -0.39 is 26.9 Å². The van der Waals surface area contributed by atoms with E-state index in [-0.39, 0.29) is 28.7 Å². The Balaban J connectivity index is 1.45. The van der Waals surface area contributed by atoms with Crippen LogP contribution in [0.3, 0.4) is 0 Å². The second-order valence-corrected chi connectivity index (χ2v) is 15.4. The summed E-state index contributed by atoms with van der Waals surface area (Å²) >= 11 is 6.38. The van der Waals surface area contributed by atoms with Crippen molar-refractivity contribution in [1.29, 1.82) is 0 Å². The highest BCUT2D eigenvalue weighted by atomic mass is 35.5. The molecule has 2 aliphatic carbocycles. The number of hydrogen-bond acceptors (Lipinski definition) is 6. The number of benzene rings is 2. The number of carbonyl (C=O) groups excluding carboxylic acids is 1. The Hall–Kier alpha value is -3.06. The summed E-state index contributed by atoms with van der Waals surface area (Å²) in [6, 6.07) is 11.2. The van der Waals surface area contributed by atoms with Gasteiger partial charge in [0.25, 0.3) is 5.91 Å². The predicted molar refractivity (Wildman–Crippen MR) is 167 cm³/mol. The highest BCUT2D eigenvalue weighted by Gasteiger charge is 2.52. The van der Waals surface area contributed by atoms with Crippen LogP contribution in [0.25, 0.3) is 4.85 Å². The summed E-state index contributed by atoms with van der Waals surface area (Å²) in [5.41, 5.74) is 1.37. The van der Waals surface area contributed by atoms with Crippen molar-refractivity contribution in [2.24, 2.45) is 17.8 Å². The molecule has 2 bridgehead atoms. The molecule has 2 N–H and O–H groups in total. The lowest BCUT2D eigenvalue weighted by Crippen LogP contribution is -2.51. The summed E-state index contributed by atoms with van der Waals surface area (Å²) in [6.07, 6.45) is 8.05. The molecule has 4 aliphatic rings. The Labute approximate surface area is 258 Å². The molecule has 6 atom stereocenters. The van der Waals surface area contributed by atoms with Gasteiger partial charge < -0.3 is 14.7 Å². The van der Waals surface area contributed by atoms with Gasteiger partial charge in [0.05, 0.1) is 23.5 Å². The lowest BCUT2D eigenvalue weighted by Gasteiger charge is -2.45. The van der Waals surface area contributed by atoms with Gasteiger partial charge in [0.15, 0.2) is 0 Å². The van der Waals surface area contributed by atoms with E-state index in [1.807, 2.05) is 12.1 Å². The van der Waals surface area contributed by atoms with E-state index in [0.29, 0.717) is 42.6 Å². The molecule has 1 fully saturated rings. The number of aliphatic hydroxyl groups is 1. The number of anilines is 1. The van der Waals surface area contributed by atoms with Gasteiger partial charge in [-0.25, -0.2) is 19.7 Å². The lowest BCUT2D eigenvalue weighted by molar-refractivity contribution is -0.0121. The van der Waals surface area contributed by atoms with Gasteiger partial charge in [-0.15, -0.1) is 0 Å². The predicted octanol–water partition coefficient (Wildman–Crippen LogP) is 5.49. The maximum absolute atomic E-state index is 13.3. The third-order valence-corrected chi connectivity index (χ3v) is 12.4. The molecule has 228 valence electrons. The number of hydrogen-bond donors (Lipinski definition) is 2. The van der Waals surface area contributed by atoms with Crippen LogP contribution in [-0.4, -0.2) is 50.1 Å². The summed E-state index contributed by atoms with van der Waals surface area (Å²) in [6.45, 7) is 12.9. The summed E-state index contributed by atoms with van der Waals surface area (Å²) < 4.78 is 35.2. The van der Waals surface area contributed by atoms with Crippen LogP contribution in [0.2, 0.25) is 5.02 Å². The maximum Gasteiger partial charge on any atom is 0.357 e. The first kappa shape index (κ1) is 30.0. The standard InChI is InChI=1S/C33H38ClN3O5S/c1-21-6-4-15-33(39,35-3)28-11-8-25(28)18-37-19-32(14-5-7-23-16-26(34)10-12-27(23)32)20-42-30-13-9-24(17-29(30)37)31(38)36-43(40,41)22(21)2/h4,9-10,12-13,15-17,21-22,25,28,39H,5-8,11,14,18-20H2,1-2H3,(H,36,38)/b15-4+/t21-,22+,25-,28+,32-,33-/m0/s1. The van der Waals surface area contributed by atoms with Crippen molar-refractivity contribution >= 4 is 33.2 Å². The maximum atomic E-state index is 13.3. The number of aryl methyl sites for hydroxylation is 1. The molecule has 0 unspecified atom stereocenters. The Morgan fingerprint density at radius 1 is 1.19 bits per heavy atom. The van der Waals surface area contributed by atoms with E-state index in [1.165, 1.54) is 11.1 Å². The van der Waals surface area contributed by atoms with Crippen molar-refractivity contribution in [3.05, 3.63) is 81.7 Å². The van der Waals surface area contributed by atoms with E-state index in [4.69, 9.17) is 22.9 Å². The van der Waals surface area contributed by atoms with Crippen molar-refractivity contribution in [3.63, 3.8) is 0 Å². The van der Waals surface area contributed by atoms with E-state index in [2.05, 4.69) is 20.5 Å². The molecule has 2 aliphatic heterocycles. The lowest BCUT2D eigenvalue weighted by atomic mass is 9.66. The first-order chi connectivity index (χ1) is 20.4. The fourth-order valence-electron chi connectivity index (χ4n) is 7.36. The average molecular weight is 624 g/mol. The number of allylic oxidation sites excluding steroid dienone is 1. The molecule has 1 saturated carbocycles. The van der Waals surface area contributed by atoms with Crippen molar-refractivity contribution in [3.8, 4) is 5.75 Å². The highest BCUT2D eigenvalue weighted by molar-refractivity contribution is 7.90. The second-order valence-electron chi connectivity index (χ2n) is 12.9. The molecule has 8 nitrogen and oxygen atoms in total. The van der Waals surface area contributed by atoms with E-state index in [0.717, 1.165) is 32.1 Å². The molecule has 0 saturated heterocycles. The molecule has 1 amide bonds. The molecular weight excluding hydrogens is 586 g/mol. The van der Waals surface area contributed by atoms with Gasteiger partial charge in [0.2, 0.25) is 10.0 Å². The molecule has 2 aromatic carbocycles.